The molecular weight excluding hydrogens is 306 g/mol. The normalized spacial score (nSPS) is 13.0. The van der Waals surface area contributed by atoms with Gasteiger partial charge in [0, 0.05) is 29.3 Å². The SMILES string of the molecule is CS(=O)(NC#N)=C(Cc1ccccc1)c1ccc(Cl)nc1. The van der Waals surface area contributed by atoms with Crippen LogP contribution in [0, 0.1) is 11.5 Å². The Labute approximate surface area is 129 Å². The lowest BCUT2D eigenvalue weighted by atomic mass is 10.1. The third-order valence-electron chi connectivity index (χ3n) is 2.97. The molecule has 1 atom stereocenters. The summed E-state index contributed by atoms with van der Waals surface area (Å²) in [5.74, 6) is 0. The van der Waals surface area contributed by atoms with Crippen molar-refractivity contribution in [2.75, 3.05) is 6.26 Å². The van der Waals surface area contributed by atoms with Crippen LogP contribution in [0.25, 0.3) is 0 Å². The van der Waals surface area contributed by atoms with E-state index >= 15 is 0 Å². The molecule has 0 saturated carbocycles. The summed E-state index contributed by atoms with van der Waals surface area (Å²) in [6, 6.07) is 13.1. The van der Waals surface area contributed by atoms with E-state index < -0.39 is 9.71 Å². The van der Waals surface area contributed by atoms with Crippen LogP contribution in [0.15, 0.2) is 48.7 Å². The summed E-state index contributed by atoms with van der Waals surface area (Å²) >= 11 is 5.79. The topological polar surface area (TPSA) is 65.8 Å². The van der Waals surface area contributed by atoms with E-state index in [2.05, 4.69) is 9.71 Å². The molecule has 2 rings (SSSR count). The minimum Gasteiger partial charge on any atom is -0.249 e. The van der Waals surface area contributed by atoms with Gasteiger partial charge in [0.25, 0.3) is 0 Å². The molecule has 0 radical (unpaired) electrons. The summed E-state index contributed by atoms with van der Waals surface area (Å²) in [4.78, 5) is 4.65. The van der Waals surface area contributed by atoms with Crippen LogP contribution in [0.4, 0.5) is 0 Å². The minimum atomic E-state index is -2.66. The lowest BCUT2D eigenvalue weighted by molar-refractivity contribution is 0.681. The van der Waals surface area contributed by atoms with Gasteiger partial charge < -0.3 is 0 Å². The molecule has 1 heterocycles. The molecule has 0 spiro atoms. The summed E-state index contributed by atoms with van der Waals surface area (Å²) in [7, 11) is -2.66. The molecule has 0 saturated heterocycles. The number of nitriles is 1. The Hall–Kier alpha value is -2.03. The summed E-state index contributed by atoms with van der Waals surface area (Å²) in [5.41, 5.74) is 1.72. The van der Waals surface area contributed by atoms with Crippen molar-refractivity contribution >= 4 is 26.2 Å². The van der Waals surface area contributed by atoms with Gasteiger partial charge in [-0.1, -0.05) is 41.9 Å². The fourth-order valence-corrected chi connectivity index (χ4v) is 3.36. The van der Waals surface area contributed by atoms with Crippen LogP contribution in [0.5, 0.6) is 0 Å². The molecule has 4 nitrogen and oxygen atoms in total. The largest absolute Gasteiger partial charge is 0.249 e. The van der Waals surface area contributed by atoms with Crippen molar-refractivity contribution in [1.82, 2.24) is 9.71 Å². The van der Waals surface area contributed by atoms with E-state index in [4.69, 9.17) is 16.9 Å². The van der Waals surface area contributed by atoms with Crippen molar-refractivity contribution < 1.29 is 4.21 Å². The monoisotopic (exact) mass is 319 g/mol. The van der Waals surface area contributed by atoms with Gasteiger partial charge in [0.1, 0.15) is 5.15 Å². The second-order valence-corrected chi connectivity index (χ2v) is 7.28. The smallest absolute Gasteiger partial charge is 0.188 e. The third kappa shape index (κ3) is 3.97. The van der Waals surface area contributed by atoms with Crippen molar-refractivity contribution in [3.63, 3.8) is 0 Å². The Morgan fingerprint density at radius 2 is 2.05 bits per heavy atom. The van der Waals surface area contributed by atoms with Crippen LogP contribution in [-0.2, 0) is 16.1 Å². The summed E-state index contributed by atoms with van der Waals surface area (Å²) in [6.07, 6.45) is 5.32. The van der Waals surface area contributed by atoms with Crippen LogP contribution in [-0.4, -0.2) is 20.3 Å². The number of pyridine rings is 1. The number of halogens is 1. The van der Waals surface area contributed by atoms with Gasteiger partial charge in [0.15, 0.2) is 6.19 Å². The molecule has 108 valence electrons. The highest BCUT2D eigenvalue weighted by atomic mass is 35.5. The standard InChI is InChI=1S/C15H14ClN3OS/c1-21(20,19-11-17)14(9-12-5-3-2-4-6-12)13-7-8-15(16)18-10-13/h2-8,10H,9H2,1H3,(H,19,20). The first-order chi connectivity index (χ1) is 10.0. The number of aromatic nitrogens is 1. The first-order valence-electron chi connectivity index (χ1n) is 6.19. The number of nitrogens with zero attached hydrogens (tertiary/aromatic N) is 2. The Morgan fingerprint density at radius 1 is 1.33 bits per heavy atom. The molecule has 1 aromatic carbocycles. The predicted molar refractivity (Wildman–Crippen MR) is 86.3 cm³/mol. The Bertz CT molecular complexity index is 773. The molecule has 6 heteroatoms. The van der Waals surface area contributed by atoms with Gasteiger partial charge in [-0.25, -0.2) is 13.9 Å². The van der Waals surface area contributed by atoms with Gasteiger partial charge in [0.2, 0.25) is 0 Å². The molecule has 1 unspecified atom stereocenters. The maximum atomic E-state index is 12.7. The maximum Gasteiger partial charge on any atom is 0.188 e. The molecule has 0 aliphatic carbocycles. The molecule has 0 aliphatic rings. The fourth-order valence-electron chi connectivity index (χ4n) is 1.94. The zero-order valence-corrected chi connectivity index (χ0v) is 13.0. The molecule has 21 heavy (non-hydrogen) atoms. The summed E-state index contributed by atoms with van der Waals surface area (Å²) in [5, 5.41) is 9.19. The van der Waals surface area contributed by atoms with Gasteiger partial charge in [0.05, 0.1) is 9.71 Å². The lowest BCUT2D eigenvalue weighted by Gasteiger charge is -2.13. The third-order valence-corrected chi connectivity index (χ3v) is 4.99. The average molecular weight is 320 g/mol. The highest BCUT2D eigenvalue weighted by Gasteiger charge is 2.13. The lowest BCUT2D eigenvalue weighted by Crippen LogP contribution is -2.27. The van der Waals surface area contributed by atoms with E-state index in [9.17, 15) is 4.21 Å². The van der Waals surface area contributed by atoms with E-state index in [0.717, 1.165) is 5.56 Å². The molecule has 1 N–H and O–H groups in total. The quantitative estimate of drug-likeness (QED) is 0.309. The van der Waals surface area contributed by atoms with Crippen molar-refractivity contribution in [3.05, 3.63) is 64.9 Å². The van der Waals surface area contributed by atoms with E-state index in [1.165, 1.54) is 6.26 Å². The van der Waals surface area contributed by atoms with Gasteiger partial charge in [-0.15, -0.1) is 0 Å². The number of hydrogen-bond donors (Lipinski definition) is 1. The van der Waals surface area contributed by atoms with Gasteiger partial charge >= 0.3 is 0 Å². The second-order valence-electron chi connectivity index (χ2n) is 4.51. The van der Waals surface area contributed by atoms with E-state index in [-0.39, 0.29) is 0 Å². The van der Waals surface area contributed by atoms with Crippen LogP contribution in [0.1, 0.15) is 11.1 Å². The first kappa shape index (κ1) is 15.4. The van der Waals surface area contributed by atoms with Gasteiger partial charge in [-0.2, -0.15) is 5.26 Å². The molecule has 1 aromatic heterocycles. The number of hydrogen-bond acceptors (Lipinski definition) is 3. The number of rotatable bonds is 4. The highest BCUT2D eigenvalue weighted by molar-refractivity contribution is 8.00. The second kappa shape index (κ2) is 6.61. The number of benzene rings is 1. The zero-order chi connectivity index (χ0) is 15.3. The molecule has 0 fully saturated rings. The van der Waals surface area contributed by atoms with E-state index in [1.807, 2.05) is 30.3 Å². The maximum absolute atomic E-state index is 12.7. The van der Waals surface area contributed by atoms with Gasteiger partial charge in [-0.05, 0) is 17.7 Å². The Kier molecular flexibility index (Phi) is 4.84. The molecule has 0 amide bonds. The fraction of sp³-hybridized carbons (Fsp3) is 0.133. The zero-order valence-electron chi connectivity index (χ0n) is 11.4. The average Bonchev–Trinajstić information content (AvgIpc) is 2.47. The molecule has 2 aromatic rings. The van der Waals surface area contributed by atoms with E-state index in [1.54, 1.807) is 24.5 Å². The van der Waals surface area contributed by atoms with Crippen molar-refractivity contribution in [2.45, 2.75) is 6.42 Å². The summed E-state index contributed by atoms with van der Waals surface area (Å²) < 4.78 is 15.1. The number of nitrogens with one attached hydrogen (secondary N) is 1. The van der Waals surface area contributed by atoms with Crippen LogP contribution >= 0.6 is 11.6 Å². The molecule has 0 aliphatic heterocycles. The predicted octanol–water partition coefficient (Wildman–Crippen LogP) is 2.40. The Morgan fingerprint density at radius 3 is 2.62 bits per heavy atom. The molecule has 0 bridgehead atoms. The van der Waals surface area contributed by atoms with Crippen LogP contribution in [0.2, 0.25) is 5.15 Å². The molecular formula is C15H14ClN3OS. The van der Waals surface area contributed by atoms with Crippen LogP contribution < -0.4 is 4.72 Å². The van der Waals surface area contributed by atoms with E-state index in [0.29, 0.717) is 22.0 Å². The minimum absolute atomic E-state index is 0.369. The summed E-state index contributed by atoms with van der Waals surface area (Å²) in [6.45, 7) is 0. The highest BCUT2D eigenvalue weighted by Crippen LogP contribution is 2.12. The van der Waals surface area contributed by atoms with Crippen molar-refractivity contribution in [2.24, 2.45) is 0 Å². The van der Waals surface area contributed by atoms with Crippen LogP contribution in [0.3, 0.4) is 0 Å². The Balaban J connectivity index is 2.53. The van der Waals surface area contributed by atoms with Crippen molar-refractivity contribution in [1.29, 1.82) is 5.26 Å². The van der Waals surface area contributed by atoms with Gasteiger partial charge in [-0.3, -0.25) is 0 Å². The first-order valence-corrected chi connectivity index (χ1v) is 8.54. The van der Waals surface area contributed by atoms with Crippen molar-refractivity contribution in [3.8, 4) is 6.19 Å².